The van der Waals surface area contributed by atoms with Gasteiger partial charge < -0.3 is 15.2 Å². The second-order valence-corrected chi connectivity index (χ2v) is 3.68. The Morgan fingerprint density at radius 1 is 1.56 bits per heavy atom. The van der Waals surface area contributed by atoms with Crippen LogP contribution in [0.2, 0.25) is 0 Å². The first kappa shape index (κ1) is 11.0. The molecule has 2 atom stereocenters. The molecule has 16 heavy (non-hydrogen) atoms. The first-order chi connectivity index (χ1) is 7.66. The van der Waals surface area contributed by atoms with Gasteiger partial charge in [0.1, 0.15) is 5.82 Å². The van der Waals surface area contributed by atoms with E-state index in [1.165, 1.54) is 12.1 Å². The zero-order valence-electron chi connectivity index (χ0n) is 8.52. The number of carbonyl (C=O) groups is 1. The van der Waals surface area contributed by atoms with Crippen molar-refractivity contribution in [3.63, 3.8) is 0 Å². The number of halogens is 1. The van der Waals surface area contributed by atoms with Crippen molar-refractivity contribution in [2.75, 3.05) is 13.2 Å². The van der Waals surface area contributed by atoms with Gasteiger partial charge in [0.15, 0.2) is 6.10 Å². The van der Waals surface area contributed by atoms with Gasteiger partial charge in [-0.25, -0.2) is 9.18 Å². The summed E-state index contributed by atoms with van der Waals surface area (Å²) in [6.07, 6.45) is -0.815. The molecule has 0 radical (unpaired) electrons. The zero-order chi connectivity index (χ0) is 11.5. The lowest BCUT2D eigenvalue weighted by atomic mass is 10.1. The van der Waals surface area contributed by atoms with Crippen LogP contribution in [0.1, 0.15) is 11.6 Å². The minimum atomic E-state index is -0.981. The van der Waals surface area contributed by atoms with Crippen LogP contribution in [0.25, 0.3) is 0 Å². The Balaban J connectivity index is 2.01. The number of rotatable bonds is 2. The first-order valence-electron chi connectivity index (χ1n) is 5.00. The predicted molar refractivity (Wildman–Crippen MR) is 54.5 cm³/mol. The standard InChI is InChI=1S/C11H12FNO3/c12-8-3-1-2-7(4-8)9-6-16-10(5-13-9)11(14)15/h1-4,9-10,13H,5-6H2,(H,14,15). The van der Waals surface area contributed by atoms with Crippen LogP contribution in [0.5, 0.6) is 0 Å². The maximum absolute atomic E-state index is 13.0. The molecule has 1 aliphatic rings. The Labute approximate surface area is 92.0 Å². The van der Waals surface area contributed by atoms with Gasteiger partial charge >= 0.3 is 5.97 Å². The van der Waals surface area contributed by atoms with Crippen molar-refractivity contribution in [2.24, 2.45) is 0 Å². The maximum atomic E-state index is 13.0. The van der Waals surface area contributed by atoms with Crippen LogP contribution in [-0.4, -0.2) is 30.3 Å². The third-order valence-corrected chi connectivity index (χ3v) is 2.54. The van der Waals surface area contributed by atoms with Crippen molar-refractivity contribution < 1.29 is 19.0 Å². The number of ether oxygens (including phenoxy) is 1. The molecule has 1 aromatic rings. The molecule has 1 heterocycles. The van der Waals surface area contributed by atoms with Crippen molar-refractivity contribution in [3.8, 4) is 0 Å². The van der Waals surface area contributed by atoms with E-state index in [4.69, 9.17) is 9.84 Å². The maximum Gasteiger partial charge on any atom is 0.334 e. The number of benzene rings is 1. The summed E-state index contributed by atoms with van der Waals surface area (Å²) in [4.78, 5) is 10.6. The Bertz CT molecular complexity index is 389. The highest BCUT2D eigenvalue weighted by Crippen LogP contribution is 2.18. The lowest BCUT2D eigenvalue weighted by Crippen LogP contribution is -2.44. The molecular weight excluding hydrogens is 213 g/mol. The van der Waals surface area contributed by atoms with Crippen molar-refractivity contribution in [1.29, 1.82) is 0 Å². The van der Waals surface area contributed by atoms with Crippen molar-refractivity contribution in [3.05, 3.63) is 35.6 Å². The van der Waals surface area contributed by atoms with E-state index in [2.05, 4.69) is 5.32 Å². The minimum absolute atomic E-state index is 0.147. The highest BCUT2D eigenvalue weighted by molar-refractivity contribution is 5.72. The molecular formula is C11H12FNO3. The van der Waals surface area contributed by atoms with Crippen LogP contribution in [0, 0.1) is 5.82 Å². The van der Waals surface area contributed by atoms with E-state index in [1.54, 1.807) is 12.1 Å². The van der Waals surface area contributed by atoms with Gasteiger partial charge in [-0.1, -0.05) is 12.1 Å². The van der Waals surface area contributed by atoms with Crippen molar-refractivity contribution in [1.82, 2.24) is 5.32 Å². The predicted octanol–water partition coefficient (Wildman–Crippen LogP) is 0.940. The molecule has 2 N–H and O–H groups in total. The number of aliphatic carboxylic acids is 1. The van der Waals surface area contributed by atoms with Gasteiger partial charge in [-0.2, -0.15) is 0 Å². The number of nitrogens with one attached hydrogen (secondary N) is 1. The van der Waals surface area contributed by atoms with E-state index < -0.39 is 12.1 Å². The molecule has 0 bridgehead atoms. The second kappa shape index (κ2) is 4.59. The molecule has 1 saturated heterocycles. The van der Waals surface area contributed by atoms with Crippen LogP contribution in [-0.2, 0) is 9.53 Å². The third kappa shape index (κ3) is 2.37. The lowest BCUT2D eigenvalue weighted by Gasteiger charge is -2.28. The van der Waals surface area contributed by atoms with Crippen LogP contribution in [0.4, 0.5) is 4.39 Å². The molecule has 0 aliphatic carbocycles. The molecule has 2 unspecified atom stereocenters. The van der Waals surface area contributed by atoms with Gasteiger partial charge in [0.25, 0.3) is 0 Å². The van der Waals surface area contributed by atoms with E-state index in [-0.39, 0.29) is 25.0 Å². The van der Waals surface area contributed by atoms with Crippen molar-refractivity contribution in [2.45, 2.75) is 12.1 Å². The highest BCUT2D eigenvalue weighted by atomic mass is 19.1. The van der Waals surface area contributed by atoms with Crippen molar-refractivity contribution >= 4 is 5.97 Å². The fraction of sp³-hybridized carbons (Fsp3) is 0.364. The normalized spacial score (nSPS) is 25.3. The minimum Gasteiger partial charge on any atom is -0.479 e. The van der Waals surface area contributed by atoms with Crippen LogP contribution in [0.15, 0.2) is 24.3 Å². The Kier molecular flexibility index (Phi) is 3.17. The van der Waals surface area contributed by atoms with Crippen LogP contribution < -0.4 is 5.32 Å². The molecule has 0 spiro atoms. The average molecular weight is 225 g/mol. The van der Waals surface area contributed by atoms with Crippen LogP contribution in [0.3, 0.4) is 0 Å². The highest BCUT2D eigenvalue weighted by Gasteiger charge is 2.26. The number of hydrogen-bond acceptors (Lipinski definition) is 3. The van der Waals surface area contributed by atoms with E-state index in [1.807, 2.05) is 0 Å². The number of morpholine rings is 1. The first-order valence-corrected chi connectivity index (χ1v) is 5.00. The molecule has 1 fully saturated rings. The van der Waals surface area contributed by atoms with Gasteiger partial charge in [-0.15, -0.1) is 0 Å². The van der Waals surface area contributed by atoms with Gasteiger partial charge in [0.2, 0.25) is 0 Å². The topological polar surface area (TPSA) is 58.6 Å². The number of carboxylic acids is 1. The van der Waals surface area contributed by atoms with Gasteiger partial charge in [0, 0.05) is 6.54 Å². The summed E-state index contributed by atoms with van der Waals surface area (Å²) in [6, 6.07) is 6.04. The smallest absolute Gasteiger partial charge is 0.334 e. The van der Waals surface area contributed by atoms with E-state index >= 15 is 0 Å². The van der Waals surface area contributed by atoms with Crippen LogP contribution >= 0.6 is 0 Å². The van der Waals surface area contributed by atoms with Gasteiger partial charge in [-0.3, -0.25) is 0 Å². The summed E-state index contributed by atoms with van der Waals surface area (Å²) >= 11 is 0. The monoisotopic (exact) mass is 225 g/mol. The second-order valence-electron chi connectivity index (χ2n) is 3.68. The summed E-state index contributed by atoms with van der Waals surface area (Å²) in [5, 5.41) is 11.7. The third-order valence-electron chi connectivity index (χ3n) is 2.54. The van der Waals surface area contributed by atoms with Gasteiger partial charge in [0.05, 0.1) is 12.6 Å². The summed E-state index contributed by atoms with van der Waals surface area (Å²) in [5.41, 5.74) is 0.767. The fourth-order valence-corrected chi connectivity index (χ4v) is 1.68. The largest absolute Gasteiger partial charge is 0.479 e. The Morgan fingerprint density at radius 3 is 2.94 bits per heavy atom. The Morgan fingerprint density at radius 2 is 2.38 bits per heavy atom. The molecule has 0 aromatic heterocycles. The van der Waals surface area contributed by atoms with E-state index in [0.29, 0.717) is 0 Å². The van der Waals surface area contributed by atoms with E-state index in [9.17, 15) is 9.18 Å². The molecule has 4 nitrogen and oxygen atoms in total. The summed E-state index contributed by atoms with van der Waals surface area (Å²) in [5.74, 6) is -1.29. The summed E-state index contributed by atoms with van der Waals surface area (Å²) < 4.78 is 18.1. The quantitative estimate of drug-likeness (QED) is 0.786. The molecule has 86 valence electrons. The zero-order valence-corrected chi connectivity index (χ0v) is 8.52. The lowest BCUT2D eigenvalue weighted by molar-refractivity contribution is -0.153. The number of hydrogen-bond donors (Lipinski definition) is 2. The molecule has 1 aliphatic heterocycles. The molecule has 0 saturated carbocycles. The molecule has 2 rings (SSSR count). The average Bonchev–Trinajstić information content (AvgIpc) is 2.29. The van der Waals surface area contributed by atoms with Gasteiger partial charge in [-0.05, 0) is 17.7 Å². The molecule has 5 heteroatoms. The summed E-state index contributed by atoms with van der Waals surface area (Å²) in [7, 11) is 0. The molecule has 0 amide bonds. The van der Waals surface area contributed by atoms with E-state index in [0.717, 1.165) is 5.56 Å². The SMILES string of the molecule is O=C(O)C1CNC(c2cccc(F)c2)CO1. The summed E-state index contributed by atoms with van der Waals surface area (Å²) in [6.45, 7) is 0.469. The Hall–Kier alpha value is -1.46. The molecule has 1 aromatic carbocycles. The number of carboxylic acid groups (broad SMARTS) is 1. The fourth-order valence-electron chi connectivity index (χ4n) is 1.68.